The Bertz CT molecular complexity index is 908. The summed E-state index contributed by atoms with van der Waals surface area (Å²) < 4.78 is 15.6. The zero-order valence-corrected chi connectivity index (χ0v) is 17.8. The smallest absolute Gasteiger partial charge is 0.191 e. The molecule has 0 saturated heterocycles. The highest BCUT2D eigenvalue weighted by Crippen LogP contribution is 2.09. The number of hydrogen-bond acceptors (Lipinski definition) is 3. The van der Waals surface area contributed by atoms with E-state index < -0.39 is 0 Å². The summed E-state index contributed by atoms with van der Waals surface area (Å²) in [7, 11) is 1.72. The number of benzene rings is 1. The number of nitrogens with zero attached hydrogens (tertiary/aromatic N) is 4. The summed E-state index contributed by atoms with van der Waals surface area (Å²) >= 11 is 0. The fraction of sp³-hybridized carbons (Fsp3) is 0.316. The van der Waals surface area contributed by atoms with Crippen molar-refractivity contribution in [1.29, 1.82) is 0 Å². The molecule has 0 aliphatic rings. The molecule has 0 fully saturated rings. The van der Waals surface area contributed by atoms with Crippen LogP contribution in [0.15, 0.2) is 47.6 Å². The fourth-order valence-electron chi connectivity index (χ4n) is 2.67. The number of aromatic nitrogens is 3. The summed E-state index contributed by atoms with van der Waals surface area (Å²) in [5, 5.41) is 14.8. The monoisotopic (exact) mass is 482 g/mol. The molecule has 0 spiro atoms. The molecule has 2 N–H and O–H groups in total. The minimum absolute atomic E-state index is 0. The van der Waals surface area contributed by atoms with Gasteiger partial charge in [0.15, 0.2) is 11.6 Å². The van der Waals surface area contributed by atoms with Crippen molar-refractivity contribution in [3.05, 3.63) is 65.4 Å². The molecule has 0 amide bonds. The number of aliphatic imine (C=N–C) groups is 1. The average Bonchev–Trinajstić information content (AvgIpc) is 3.07. The molecule has 2 heterocycles. The van der Waals surface area contributed by atoms with Crippen molar-refractivity contribution in [2.75, 3.05) is 13.6 Å². The first-order valence-corrected chi connectivity index (χ1v) is 8.65. The lowest BCUT2D eigenvalue weighted by Gasteiger charge is -2.12. The van der Waals surface area contributed by atoms with Crippen LogP contribution in [0.25, 0.3) is 5.65 Å². The Hall–Kier alpha value is -2.23. The normalized spacial score (nSPS) is 11.3. The quantitative estimate of drug-likeness (QED) is 0.245. The summed E-state index contributed by atoms with van der Waals surface area (Å²) in [5.74, 6) is 1.45. The van der Waals surface area contributed by atoms with E-state index in [0.29, 0.717) is 18.1 Å². The minimum Gasteiger partial charge on any atom is -0.356 e. The van der Waals surface area contributed by atoms with Crippen LogP contribution in [0.1, 0.15) is 23.4 Å². The zero-order valence-electron chi connectivity index (χ0n) is 15.4. The molecule has 27 heavy (non-hydrogen) atoms. The van der Waals surface area contributed by atoms with E-state index in [2.05, 4.69) is 25.8 Å². The largest absolute Gasteiger partial charge is 0.356 e. The van der Waals surface area contributed by atoms with E-state index in [4.69, 9.17) is 0 Å². The first-order chi connectivity index (χ1) is 12.7. The van der Waals surface area contributed by atoms with E-state index in [9.17, 15) is 4.39 Å². The molecule has 144 valence electrons. The Labute approximate surface area is 175 Å². The van der Waals surface area contributed by atoms with Crippen LogP contribution in [0.4, 0.5) is 4.39 Å². The Morgan fingerprint density at radius 2 is 2.04 bits per heavy atom. The SMILES string of the molecule is CN=C(NCCCc1nnc2ccccn12)NCc1ccc(C)c(F)c1.I. The highest BCUT2D eigenvalue weighted by atomic mass is 127. The lowest BCUT2D eigenvalue weighted by atomic mass is 10.1. The van der Waals surface area contributed by atoms with Gasteiger partial charge in [0.05, 0.1) is 0 Å². The molecule has 0 aliphatic carbocycles. The number of rotatable bonds is 6. The molecular formula is C19H24FIN6. The number of guanidine groups is 1. The summed E-state index contributed by atoms with van der Waals surface area (Å²) in [5.41, 5.74) is 2.39. The molecule has 0 aliphatic heterocycles. The molecular weight excluding hydrogens is 458 g/mol. The predicted molar refractivity (Wildman–Crippen MR) is 116 cm³/mol. The van der Waals surface area contributed by atoms with Crippen molar-refractivity contribution in [3.8, 4) is 0 Å². The van der Waals surface area contributed by atoms with Crippen LogP contribution >= 0.6 is 24.0 Å². The van der Waals surface area contributed by atoms with Gasteiger partial charge in [0.2, 0.25) is 0 Å². The van der Waals surface area contributed by atoms with Crippen LogP contribution in [-0.4, -0.2) is 34.2 Å². The van der Waals surface area contributed by atoms with Crippen molar-refractivity contribution in [1.82, 2.24) is 25.2 Å². The molecule has 0 bridgehead atoms. The van der Waals surface area contributed by atoms with Crippen LogP contribution < -0.4 is 10.6 Å². The maximum Gasteiger partial charge on any atom is 0.191 e. The second-order valence-corrected chi connectivity index (χ2v) is 6.08. The second-order valence-electron chi connectivity index (χ2n) is 6.08. The molecule has 1 aromatic carbocycles. The summed E-state index contributed by atoms with van der Waals surface area (Å²) in [6.07, 6.45) is 3.69. The summed E-state index contributed by atoms with van der Waals surface area (Å²) in [6.45, 7) is 3.03. The Balaban J connectivity index is 0.00000261. The van der Waals surface area contributed by atoms with Crippen LogP contribution in [0.2, 0.25) is 0 Å². The van der Waals surface area contributed by atoms with E-state index in [0.717, 1.165) is 36.4 Å². The Morgan fingerprint density at radius 1 is 1.19 bits per heavy atom. The third kappa shape index (κ3) is 5.62. The van der Waals surface area contributed by atoms with Crippen molar-refractivity contribution in [3.63, 3.8) is 0 Å². The van der Waals surface area contributed by atoms with Gasteiger partial charge in [-0.1, -0.05) is 18.2 Å². The van der Waals surface area contributed by atoms with E-state index >= 15 is 0 Å². The van der Waals surface area contributed by atoms with Gasteiger partial charge in [-0.3, -0.25) is 9.39 Å². The molecule has 6 nitrogen and oxygen atoms in total. The maximum atomic E-state index is 13.6. The maximum absolute atomic E-state index is 13.6. The van der Waals surface area contributed by atoms with Crippen molar-refractivity contribution >= 4 is 35.6 Å². The Kier molecular flexibility index (Phi) is 7.96. The van der Waals surface area contributed by atoms with E-state index in [-0.39, 0.29) is 29.8 Å². The highest BCUT2D eigenvalue weighted by molar-refractivity contribution is 14.0. The Morgan fingerprint density at radius 3 is 2.81 bits per heavy atom. The molecule has 2 aromatic heterocycles. The molecule has 0 unspecified atom stereocenters. The standard InChI is InChI=1S/C19H23FN6.HI/c1-14-8-9-15(12-16(14)20)13-23-19(21-2)22-10-5-7-18-25-24-17-6-3-4-11-26(17)18;/h3-4,6,8-9,11-12H,5,7,10,13H2,1-2H3,(H2,21,22,23);1H. The third-order valence-electron chi connectivity index (χ3n) is 4.17. The first kappa shape index (κ1) is 21.1. The second kappa shape index (κ2) is 10.2. The molecule has 3 rings (SSSR count). The fourth-order valence-corrected chi connectivity index (χ4v) is 2.67. The molecule has 3 aromatic rings. The molecule has 0 atom stereocenters. The number of hydrogen-bond donors (Lipinski definition) is 2. The number of pyridine rings is 1. The molecule has 0 radical (unpaired) electrons. The lowest BCUT2D eigenvalue weighted by Crippen LogP contribution is -2.37. The lowest BCUT2D eigenvalue weighted by molar-refractivity contribution is 0.615. The van der Waals surface area contributed by atoms with Crippen LogP contribution in [0, 0.1) is 12.7 Å². The first-order valence-electron chi connectivity index (χ1n) is 8.65. The van der Waals surface area contributed by atoms with Crippen LogP contribution in [0.5, 0.6) is 0 Å². The summed E-state index contributed by atoms with van der Waals surface area (Å²) in [6, 6.07) is 11.1. The van der Waals surface area contributed by atoms with Gasteiger partial charge in [0, 0.05) is 32.8 Å². The average molecular weight is 482 g/mol. The van der Waals surface area contributed by atoms with E-state index in [1.165, 1.54) is 0 Å². The van der Waals surface area contributed by atoms with Gasteiger partial charge in [-0.2, -0.15) is 0 Å². The van der Waals surface area contributed by atoms with Crippen molar-refractivity contribution < 1.29 is 4.39 Å². The van der Waals surface area contributed by atoms with Gasteiger partial charge < -0.3 is 10.6 Å². The number of nitrogens with one attached hydrogen (secondary N) is 2. The predicted octanol–water partition coefficient (Wildman–Crippen LogP) is 3.09. The topological polar surface area (TPSA) is 66.6 Å². The van der Waals surface area contributed by atoms with Gasteiger partial charge in [-0.15, -0.1) is 34.2 Å². The third-order valence-corrected chi connectivity index (χ3v) is 4.17. The van der Waals surface area contributed by atoms with Gasteiger partial charge >= 0.3 is 0 Å². The van der Waals surface area contributed by atoms with Gasteiger partial charge in [-0.25, -0.2) is 4.39 Å². The van der Waals surface area contributed by atoms with Gasteiger partial charge in [0.25, 0.3) is 0 Å². The van der Waals surface area contributed by atoms with Crippen LogP contribution in [-0.2, 0) is 13.0 Å². The number of halogens is 2. The van der Waals surface area contributed by atoms with Crippen molar-refractivity contribution in [2.45, 2.75) is 26.3 Å². The molecule has 0 saturated carbocycles. The van der Waals surface area contributed by atoms with Gasteiger partial charge in [-0.05, 0) is 42.7 Å². The summed E-state index contributed by atoms with van der Waals surface area (Å²) in [4.78, 5) is 4.20. The minimum atomic E-state index is -0.187. The van der Waals surface area contributed by atoms with Crippen LogP contribution in [0.3, 0.4) is 0 Å². The number of aryl methyl sites for hydroxylation is 2. The highest BCUT2D eigenvalue weighted by Gasteiger charge is 2.05. The molecule has 8 heteroatoms. The zero-order chi connectivity index (χ0) is 18.4. The van der Waals surface area contributed by atoms with E-state index in [1.54, 1.807) is 26.1 Å². The number of fused-ring (bicyclic) bond motifs is 1. The van der Waals surface area contributed by atoms with Gasteiger partial charge in [0.1, 0.15) is 11.6 Å². The van der Waals surface area contributed by atoms with E-state index in [1.807, 2.05) is 34.9 Å². The van der Waals surface area contributed by atoms with Crippen molar-refractivity contribution in [2.24, 2.45) is 4.99 Å².